The smallest absolute Gasteiger partial charge is 0.222 e. The molecule has 1 saturated heterocycles. The lowest BCUT2D eigenvalue weighted by Crippen LogP contribution is -2.10. The van der Waals surface area contributed by atoms with E-state index in [1.807, 2.05) is 12.1 Å². The highest BCUT2D eigenvalue weighted by atomic mass is 16.5. The molecule has 0 saturated carbocycles. The first-order chi connectivity index (χ1) is 10.8. The zero-order valence-corrected chi connectivity index (χ0v) is 12.7. The Hall–Kier alpha value is -2.14. The number of nitrogens with two attached hydrogens (primary N) is 1. The maximum absolute atomic E-state index is 5.82. The highest BCUT2D eigenvalue weighted by molar-refractivity contribution is 5.41. The molecule has 1 atom stereocenters. The molecule has 2 heterocycles. The summed E-state index contributed by atoms with van der Waals surface area (Å²) in [6, 6.07) is 12.5. The van der Waals surface area contributed by atoms with E-state index in [1.54, 1.807) is 0 Å². The molecular formula is C17H22N4O. The highest BCUT2D eigenvalue weighted by Gasteiger charge is 2.20. The molecule has 0 radical (unpaired) electrons. The summed E-state index contributed by atoms with van der Waals surface area (Å²) in [4.78, 5) is 8.60. The number of aromatic nitrogens is 2. The molecule has 3 rings (SSSR count). The fourth-order valence-electron chi connectivity index (χ4n) is 2.71. The van der Waals surface area contributed by atoms with E-state index >= 15 is 0 Å². The zero-order chi connectivity index (χ0) is 15.2. The number of benzene rings is 1. The monoisotopic (exact) mass is 298 g/mol. The van der Waals surface area contributed by atoms with Gasteiger partial charge in [0.25, 0.3) is 0 Å². The van der Waals surface area contributed by atoms with Crippen LogP contribution in [0.25, 0.3) is 0 Å². The summed E-state index contributed by atoms with van der Waals surface area (Å²) in [6.45, 7) is 2.39. The van der Waals surface area contributed by atoms with Crippen LogP contribution in [-0.2, 0) is 11.2 Å². The molecule has 3 N–H and O–H groups in total. The minimum atomic E-state index is 0.329. The van der Waals surface area contributed by atoms with E-state index in [1.165, 1.54) is 5.56 Å². The average Bonchev–Trinajstić information content (AvgIpc) is 3.07. The van der Waals surface area contributed by atoms with Crippen molar-refractivity contribution in [3.63, 3.8) is 0 Å². The Bertz CT molecular complexity index is 597. The first-order valence-corrected chi connectivity index (χ1v) is 7.81. The molecule has 5 heteroatoms. The lowest BCUT2D eigenvalue weighted by atomic mass is 10.0. The van der Waals surface area contributed by atoms with Crippen molar-refractivity contribution in [3.05, 3.63) is 47.7 Å². The zero-order valence-electron chi connectivity index (χ0n) is 12.7. The van der Waals surface area contributed by atoms with Crippen LogP contribution in [0.5, 0.6) is 0 Å². The van der Waals surface area contributed by atoms with Crippen molar-refractivity contribution in [1.29, 1.82) is 0 Å². The number of anilines is 2. The van der Waals surface area contributed by atoms with Crippen LogP contribution < -0.4 is 11.1 Å². The third-order valence-corrected chi connectivity index (χ3v) is 3.90. The molecule has 0 aliphatic carbocycles. The predicted molar refractivity (Wildman–Crippen MR) is 87.9 cm³/mol. The van der Waals surface area contributed by atoms with Gasteiger partial charge in [0, 0.05) is 25.1 Å². The Morgan fingerprint density at radius 2 is 2.09 bits per heavy atom. The number of nitrogens with zero attached hydrogens (tertiary/aromatic N) is 2. The quantitative estimate of drug-likeness (QED) is 0.802. The second-order valence-corrected chi connectivity index (χ2v) is 5.61. The van der Waals surface area contributed by atoms with Crippen LogP contribution in [0.1, 0.15) is 30.0 Å². The van der Waals surface area contributed by atoms with Crippen LogP contribution in [0.15, 0.2) is 36.4 Å². The number of nitrogen functional groups attached to an aromatic ring is 1. The minimum Gasteiger partial charge on any atom is -0.381 e. The van der Waals surface area contributed by atoms with Gasteiger partial charge in [-0.25, -0.2) is 4.98 Å². The third kappa shape index (κ3) is 3.95. The van der Waals surface area contributed by atoms with Crippen molar-refractivity contribution in [1.82, 2.24) is 9.97 Å². The lowest BCUT2D eigenvalue weighted by molar-refractivity contribution is 0.193. The second kappa shape index (κ2) is 7.22. The summed E-state index contributed by atoms with van der Waals surface area (Å²) in [7, 11) is 0. The maximum Gasteiger partial charge on any atom is 0.222 e. The molecule has 1 aromatic carbocycles. The largest absolute Gasteiger partial charge is 0.381 e. The van der Waals surface area contributed by atoms with Crippen LogP contribution in [0.2, 0.25) is 0 Å². The minimum absolute atomic E-state index is 0.329. The van der Waals surface area contributed by atoms with Crippen molar-refractivity contribution < 1.29 is 4.74 Å². The van der Waals surface area contributed by atoms with E-state index in [9.17, 15) is 0 Å². The molecule has 2 aromatic rings. The molecule has 116 valence electrons. The number of aryl methyl sites for hydroxylation is 1. The van der Waals surface area contributed by atoms with Crippen LogP contribution in [0, 0.1) is 0 Å². The normalized spacial score (nSPS) is 17.5. The molecule has 1 fully saturated rings. The van der Waals surface area contributed by atoms with E-state index in [4.69, 9.17) is 10.5 Å². The van der Waals surface area contributed by atoms with Gasteiger partial charge in [-0.05, 0) is 24.8 Å². The van der Waals surface area contributed by atoms with E-state index in [0.717, 1.165) is 50.5 Å². The first-order valence-electron chi connectivity index (χ1n) is 7.81. The molecular weight excluding hydrogens is 276 g/mol. The van der Waals surface area contributed by atoms with Gasteiger partial charge in [-0.1, -0.05) is 30.3 Å². The van der Waals surface area contributed by atoms with Gasteiger partial charge in [0.1, 0.15) is 5.82 Å². The fraction of sp³-hybridized carbons (Fsp3) is 0.412. The summed E-state index contributed by atoms with van der Waals surface area (Å²) in [6.07, 6.45) is 3.11. The fourth-order valence-corrected chi connectivity index (χ4v) is 2.71. The van der Waals surface area contributed by atoms with Gasteiger partial charge in [0.15, 0.2) is 0 Å². The third-order valence-electron chi connectivity index (χ3n) is 3.90. The maximum atomic E-state index is 5.82. The van der Waals surface area contributed by atoms with Crippen LogP contribution in [0.3, 0.4) is 0 Å². The standard InChI is InChI=1S/C17H22N4O/c18-17-20-15(14-8-10-22-12-14)11-16(21-17)19-9-4-7-13-5-2-1-3-6-13/h1-3,5-6,11,14H,4,7-10,12H2,(H3,18,19,20,21)/t14-/m1/s1. The SMILES string of the molecule is Nc1nc(NCCCc2ccccc2)cc([C@@H]2CCOC2)n1. The number of hydrogen-bond donors (Lipinski definition) is 2. The summed E-state index contributed by atoms with van der Waals surface area (Å²) in [5.74, 6) is 1.48. The van der Waals surface area contributed by atoms with Gasteiger partial charge in [-0.2, -0.15) is 4.98 Å². The van der Waals surface area contributed by atoms with Crippen LogP contribution in [0.4, 0.5) is 11.8 Å². The van der Waals surface area contributed by atoms with Gasteiger partial charge in [-0.3, -0.25) is 0 Å². The van der Waals surface area contributed by atoms with Gasteiger partial charge in [-0.15, -0.1) is 0 Å². The van der Waals surface area contributed by atoms with Gasteiger partial charge in [0.2, 0.25) is 5.95 Å². The molecule has 1 aliphatic rings. The van der Waals surface area contributed by atoms with E-state index in [2.05, 4.69) is 39.6 Å². The number of nitrogens with one attached hydrogen (secondary N) is 1. The molecule has 0 amide bonds. The average molecular weight is 298 g/mol. The lowest BCUT2D eigenvalue weighted by Gasteiger charge is -2.11. The molecule has 1 aliphatic heterocycles. The number of ether oxygens (including phenoxy) is 1. The van der Waals surface area contributed by atoms with E-state index in [-0.39, 0.29) is 0 Å². The van der Waals surface area contributed by atoms with Crippen molar-refractivity contribution in [2.45, 2.75) is 25.2 Å². The Kier molecular flexibility index (Phi) is 4.85. The summed E-state index contributed by atoms with van der Waals surface area (Å²) >= 11 is 0. The van der Waals surface area contributed by atoms with Crippen molar-refractivity contribution in [2.24, 2.45) is 0 Å². The van der Waals surface area contributed by atoms with Crippen molar-refractivity contribution in [3.8, 4) is 0 Å². The van der Waals surface area contributed by atoms with Gasteiger partial charge in [0.05, 0.1) is 12.3 Å². The van der Waals surface area contributed by atoms with Crippen molar-refractivity contribution in [2.75, 3.05) is 30.8 Å². The second-order valence-electron chi connectivity index (χ2n) is 5.61. The number of rotatable bonds is 6. The Morgan fingerprint density at radius 1 is 1.23 bits per heavy atom. The molecule has 1 aromatic heterocycles. The first kappa shape index (κ1) is 14.8. The van der Waals surface area contributed by atoms with E-state index < -0.39 is 0 Å². The molecule has 0 spiro atoms. The Balaban J connectivity index is 1.53. The van der Waals surface area contributed by atoms with Crippen LogP contribution >= 0.6 is 0 Å². The number of hydrogen-bond acceptors (Lipinski definition) is 5. The summed E-state index contributed by atoms with van der Waals surface area (Å²) < 4.78 is 5.42. The Morgan fingerprint density at radius 3 is 2.86 bits per heavy atom. The molecule has 0 unspecified atom stereocenters. The van der Waals surface area contributed by atoms with Crippen LogP contribution in [-0.4, -0.2) is 29.7 Å². The highest BCUT2D eigenvalue weighted by Crippen LogP contribution is 2.25. The van der Waals surface area contributed by atoms with E-state index in [0.29, 0.717) is 11.9 Å². The van der Waals surface area contributed by atoms with Gasteiger partial charge < -0.3 is 15.8 Å². The van der Waals surface area contributed by atoms with Crippen molar-refractivity contribution >= 4 is 11.8 Å². The Labute approximate surface area is 130 Å². The molecule has 0 bridgehead atoms. The molecule has 5 nitrogen and oxygen atoms in total. The summed E-state index contributed by atoms with van der Waals surface area (Å²) in [5, 5.41) is 3.35. The van der Waals surface area contributed by atoms with Gasteiger partial charge >= 0.3 is 0 Å². The molecule has 22 heavy (non-hydrogen) atoms. The summed E-state index contributed by atoms with van der Waals surface area (Å²) in [5.41, 5.74) is 8.16. The predicted octanol–water partition coefficient (Wildman–Crippen LogP) is 2.61. The topological polar surface area (TPSA) is 73.1 Å².